The van der Waals surface area contributed by atoms with Crippen LogP contribution in [0.2, 0.25) is 0 Å². The van der Waals surface area contributed by atoms with Gasteiger partial charge in [-0.15, -0.1) is 130 Å². The van der Waals surface area contributed by atoms with Gasteiger partial charge in [0.2, 0.25) is 0 Å². The average molecular weight is 2220 g/mol. The van der Waals surface area contributed by atoms with Crippen molar-refractivity contribution in [2.24, 2.45) is 0 Å². The van der Waals surface area contributed by atoms with E-state index in [1.807, 2.05) is 130 Å². The van der Waals surface area contributed by atoms with Gasteiger partial charge < -0.3 is 24.2 Å². The van der Waals surface area contributed by atoms with Crippen molar-refractivity contribution >= 4 is 340 Å². The summed E-state index contributed by atoms with van der Waals surface area (Å²) in [5, 5.41) is 27.0. The van der Waals surface area contributed by atoms with Gasteiger partial charge >= 0.3 is 0 Å². The van der Waals surface area contributed by atoms with E-state index in [2.05, 4.69) is 371 Å². The molecule has 0 fully saturated rings. The van der Waals surface area contributed by atoms with Gasteiger partial charge in [0.1, 0.15) is 11.0 Å². The first-order valence-corrected chi connectivity index (χ1v) is 52.9. The van der Waals surface area contributed by atoms with Gasteiger partial charge in [-0.25, -0.2) is 0 Å². The van der Waals surface area contributed by atoms with Crippen LogP contribution in [-0.2, 0) is 38.9 Å². The van der Waals surface area contributed by atoms with Crippen LogP contribution in [-0.4, -0.2) is 65.2 Å². The molecule has 5 N–H and O–H groups in total. The van der Waals surface area contributed by atoms with E-state index in [9.17, 15) is 0 Å². The van der Waals surface area contributed by atoms with Crippen molar-refractivity contribution in [3.05, 3.63) is 257 Å². The second kappa shape index (κ2) is 49.5. The van der Waals surface area contributed by atoms with Crippen LogP contribution in [0.4, 0.5) is 17.1 Å². The van der Waals surface area contributed by atoms with Gasteiger partial charge in [-0.3, -0.25) is 0 Å². The zero-order valence-electron chi connectivity index (χ0n) is 66.8. The Kier molecular flexibility index (Phi) is 41.3. The minimum atomic E-state index is 0. The van der Waals surface area contributed by atoms with E-state index in [0.717, 1.165) is 124 Å². The van der Waals surface area contributed by atoms with Gasteiger partial charge in [-0.1, -0.05) is 236 Å². The molecule has 0 aliphatic carbocycles. The Bertz CT molecular complexity index is 5690. The molecule has 14 aromatic carbocycles. The van der Waals surface area contributed by atoms with Gasteiger partial charge in [0, 0.05) is 140 Å². The third-order valence-electron chi connectivity index (χ3n) is 18.2. The number of hydrogen-bond acceptors (Lipinski definition) is 19. The third kappa shape index (κ3) is 24.7. The number of nitrogens with two attached hydrogens (primary N) is 2. The first-order valence-electron chi connectivity index (χ1n) is 37.8. The van der Waals surface area contributed by atoms with Crippen LogP contribution < -0.4 is 16.8 Å². The molecule has 610 valence electrons. The van der Waals surface area contributed by atoms with Crippen LogP contribution in [0.25, 0.3) is 85.1 Å². The molecule has 7 nitrogen and oxygen atoms in total. The van der Waals surface area contributed by atoms with Crippen molar-refractivity contribution in [3.8, 4) is 0 Å². The van der Waals surface area contributed by atoms with Crippen LogP contribution in [0.3, 0.4) is 0 Å². The summed E-state index contributed by atoms with van der Waals surface area (Å²) in [4.78, 5) is 12.5. The van der Waals surface area contributed by atoms with Gasteiger partial charge in [0.05, 0.1) is 9.40 Å². The molecule has 0 unspecified atom stereocenters. The fourth-order valence-corrected chi connectivity index (χ4v) is 26.9. The molecular formula is C92H90Br6N7S12Zn-. The van der Waals surface area contributed by atoms with Crippen molar-refractivity contribution in [2.75, 3.05) is 62.8 Å². The number of nitrogens with zero attached hydrogens (tertiary/aromatic N) is 4. The van der Waals surface area contributed by atoms with Crippen molar-refractivity contribution in [1.82, 2.24) is 19.2 Å². The summed E-state index contributed by atoms with van der Waals surface area (Å²) >= 11 is 49.0. The number of aryl methyl sites for hydroxylation is 2. The van der Waals surface area contributed by atoms with Crippen molar-refractivity contribution in [1.29, 1.82) is 0 Å². The summed E-state index contributed by atoms with van der Waals surface area (Å²) in [6.45, 7) is 18.5. The number of halogens is 6. The molecule has 0 bridgehead atoms. The van der Waals surface area contributed by atoms with Crippen molar-refractivity contribution in [2.45, 2.75) is 124 Å². The van der Waals surface area contributed by atoms with E-state index >= 15 is 0 Å². The average Bonchev–Trinajstić information content (AvgIpc) is 1.49. The van der Waals surface area contributed by atoms with Gasteiger partial charge in [-0.2, -0.15) is 0 Å². The van der Waals surface area contributed by atoms with Gasteiger partial charge in [0.25, 0.3) is 0 Å². The maximum absolute atomic E-state index is 5.74. The Labute approximate surface area is 812 Å². The zero-order chi connectivity index (χ0) is 82.4. The summed E-state index contributed by atoms with van der Waals surface area (Å²) in [5.41, 5.74) is 20.1. The molecule has 0 saturated heterocycles. The molecule has 0 spiro atoms. The molecular weight excluding hydrogens is 2130 g/mol. The van der Waals surface area contributed by atoms with Gasteiger partial charge in [-0.05, 0) is 272 Å². The fraction of sp³-hybridized carbons (Fsp3) is 0.207. The number of nitrogen functional groups attached to an aromatic ring is 2. The number of hydrogen-bond donors (Lipinski definition) is 5. The van der Waals surface area contributed by atoms with E-state index in [-0.39, 0.29) is 26.9 Å². The van der Waals surface area contributed by atoms with E-state index in [4.69, 9.17) is 11.5 Å². The van der Waals surface area contributed by atoms with Crippen molar-refractivity contribution in [3.63, 3.8) is 0 Å². The number of anilines is 3. The predicted octanol–water partition coefficient (Wildman–Crippen LogP) is 34.1. The molecule has 2 heterocycles. The van der Waals surface area contributed by atoms with Crippen LogP contribution in [0.15, 0.2) is 282 Å². The van der Waals surface area contributed by atoms with Crippen LogP contribution in [0.5, 0.6) is 0 Å². The molecule has 118 heavy (non-hydrogen) atoms. The number of nitrogens with one attached hydrogen (secondary N) is 1. The van der Waals surface area contributed by atoms with E-state index in [0.29, 0.717) is 11.4 Å². The van der Waals surface area contributed by atoms with Crippen LogP contribution in [0.1, 0.15) is 72.1 Å². The van der Waals surface area contributed by atoms with Gasteiger partial charge in [0.15, 0.2) is 0 Å². The Morgan fingerprint density at radius 1 is 0.339 bits per heavy atom. The second-order valence-electron chi connectivity index (χ2n) is 25.5. The van der Waals surface area contributed by atoms with Crippen molar-refractivity contribution < 1.29 is 19.5 Å². The maximum Gasteiger partial charge on any atom is 0.106 e. The SMILES string of the molecule is CCSc1c(Br)cc(Br)c2c(SCC)c(Br)cc(Br)c12.CCSc1c(Br)ccc2c(SCC)c(Br)ccc12.CCSc1c(CCc2ccccc2)ccc2c(SCC)c(NCc3ccccc3)ccc12.CCSc1cccc2c(SCC)cccc12.Nc1ccc2c(S)c(N)ccc2c1S.[CH3-].[Zn].c1cc2c(ccc3nnsc32)c2snnc12. The normalized spacial score (nSPS) is 10.9. The number of rotatable bonds is 22. The van der Waals surface area contributed by atoms with E-state index < -0.39 is 0 Å². The van der Waals surface area contributed by atoms with Crippen LogP contribution in [0, 0.1) is 7.43 Å². The first-order chi connectivity index (χ1) is 56.4. The molecule has 0 amide bonds. The summed E-state index contributed by atoms with van der Waals surface area (Å²) in [7, 11) is 0. The quantitative estimate of drug-likeness (QED) is 0.0146. The predicted molar refractivity (Wildman–Crippen MR) is 560 cm³/mol. The number of thiol groups is 2. The van der Waals surface area contributed by atoms with E-state index in [1.165, 1.54) is 147 Å². The molecule has 0 radical (unpaired) electrons. The third-order valence-corrected chi connectivity index (χ3v) is 33.6. The smallest absolute Gasteiger partial charge is 0.106 e. The second-order valence-corrected chi connectivity index (χ2v) is 43.3. The minimum absolute atomic E-state index is 0. The summed E-state index contributed by atoms with van der Waals surface area (Å²) in [6.07, 6.45) is 2.16. The molecule has 16 rings (SSSR count). The largest absolute Gasteiger partial charge is 0.398 e. The molecule has 2 aromatic heterocycles. The minimum Gasteiger partial charge on any atom is -0.398 e. The van der Waals surface area contributed by atoms with Crippen LogP contribution >= 0.6 is 238 Å². The molecule has 0 atom stereocenters. The Morgan fingerprint density at radius 3 is 1.16 bits per heavy atom. The monoisotopic (exact) mass is 2210 g/mol. The number of benzene rings is 14. The summed E-state index contributed by atoms with van der Waals surface area (Å²) in [5.74, 6) is 8.68. The fourth-order valence-electron chi connectivity index (χ4n) is 13.0. The first kappa shape index (κ1) is 98.5. The number of aromatic nitrogens is 4. The van der Waals surface area contributed by atoms with E-state index in [1.54, 1.807) is 0 Å². The standard InChI is InChI=1S/C29H31NS2.C14H12Br4S2.C14H14Br2S2.C14H16S2.C10H4N4S2.C10H10N2S2.CH3.Zn/c1-3-31-28-24(16-15-22-11-7-5-8-12-22)17-18-26-25(28)19-20-27(29(26)32-4-2)30-21-23-13-9-6-10-14-23;1-3-19-13-9(17)5-8(16)12-11(13)7(15)6-10(18)14(12)20-4-2;1-3-17-13-9-5-8-12(16)14(18-4-2)10(9)6-7-11(13)15;1-3-15-13-9-5-8-12-11(13)7-6-10-14(12)16-4-2;1-3-7-10(16-13-11-7)6-2-4-8-9(5(1)6)15-14-12-8;11-7-3-1-5-6(10(7)14)2-4-8(12)9(5)13;;/h5-14,17-20,30H,3-4,15-16,21H2,1-2H3;5-6H,3-4H2,1-2H3;5-8H,3-4H2,1-2H3;5-10H,3-4H2,1-2H3;1-4H;1-4,13-14H,11-12H2;1H3;/q;;;;;;-1;. The molecule has 16 aromatic rings. The zero-order valence-corrected chi connectivity index (χ0v) is 89.2. The Morgan fingerprint density at radius 2 is 0.712 bits per heavy atom. The summed E-state index contributed by atoms with van der Waals surface area (Å²) in [6, 6.07) is 72.6. The molecule has 0 saturated carbocycles. The summed E-state index contributed by atoms with van der Waals surface area (Å²) < 4.78 is 17.1. The topological polar surface area (TPSA) is 116 Å². The number of fused-ring (bicyclic) bond motifs is 10. The Hall–Kier alpha value is -3.32. The molecule has 26 heteroatoms. The maximum atomic E-state index is 5.74. The molecule has 0 aliphatic rings. The molecule has 0 aliphatic heterocycles. The Balaban J connectivity index is 0.000000165. The number of thioether (sulfide) groups is 8.